The van der Waals surface area contributed by atoms with E-state index in [2.05, 4.69) is 26.8 Å². The Labute approximate surface area is 120 Å². The fraction of sp³-hybridized carbons (Fsp3) is 0.647. The van der Waals surface area contributed by atoms with Crippen molar-refractivity contribution in [2.75, 3.05) is 0 Å². The van der Waals surface area contributed by atoms with Crippen LogP contribution in [0.3, 0.4) is 0 Å². The van der Waals surface area contributed by atoms with Crippen LogP contribution in [-0.4, -0.2) is 17.4 Å². The molecule has 0 aromatic heterocycles. The van der Waals surface area contributed by atoms with Gasteiger partial charge >= 0.3 is 5.97 Å². The molecule has 3 nitrogen and oxygen atoms in total. The lowest BCUT2D eigenvalue weighted by Crippen LogP contribution is -2.64. The molecule has 0 aromatic rings. The zero-order valence-electron chi connectivity index (χ0n) is 12.4. The van der Waals surface area contributed by atoms with Gasteiger partial charge in [-0.1, -0.05) is 45.4 Å². The van der Waals surface area contributed by atoms with Crippen LogP contribution < -0.4 is 0 Å². The molecule has 1 heterocycles. The van der Waals surface area contributed by atoms with Crippen LogP contribution >= 0.6 is 0 Å². The average molecular weight is 274 g/mol. The molecule has 1 aliphatic heterocycles. The number of rotatable bonds is 2. The van der Waals surface area contributed by atoms with Crippen molar-refractivity contribution >= 4 is 11.8 Å². The van der Waals surface area contributed by atoms with Gasteiger partial charge in [0.1, 0.15) is 5.92 Å². The molecule has 2 fully saturated rings. The predicted octanol–water partition coefficient (Wildman–Crippen LogP) is 3.20. The summed E-state index contributed by atoms with van der Waals surface area (Å²) >= 11 is 0. The zero-order valence-corrected chi connectivity index (χ0v) is 12.4. The van der Waals surface area contributed by atoms with Crippen molar-refractivity contribution in [3.63, 3.8) is 0 Å². The highest BCUT2D eigenvalue weighted by Gasteiger charge is 2.62. The summed E-state index contributed by atoms with van der Waals surface area (Å²) < 4.78 is 5.38. The van der Waals surface area contributed by atoms with Gasteiger partial charge in [0.15, 0.2) is 5.60 Å². The number of Topliss-reactive ketones (excluding diaryl/α,β-unsaturated/α-hetero) is 1. The molecule has 3 aliphatic rings. The van der Waals surface area contributed by atoms with Crippen LogP contribution in [0.25, 0.3) is 0 Å². The van der Waals surface area contributed by atoms with E-state index >= 15 is 0 Å². The second kappa shape index (κ2) is 4.31. The Hall–Kier alpha value is -1.38. The molecule has 3 rings (SSSR count). The summed E-state index contributed by atoms with van der Waals surface area (Å²) in [6.45, 7) is 6.42. The van der Waals surface area contributed by atoms with E-state index in [0.717, 1.165) is 19.3 Å². The summed E-state index contributed by atoms with van der Waals surface area (Å²) in [5, 5.41) is 0. The molecule has 0 N–H and O–H groups in total. The largest absolute Gasteiger partial charge is 0.449 e. The van der Waals surface area contributed by atoms with E-state index in [0.29, 0.717) is 17.9 Å². The normalized spacial score (nSPS) is 38.4. The number of carbonyl (C=O) groups is 2. The molecule has 3 atom stereocenters. The standard InChI is InChI=1S/C17H22O3/c1-11-7-8-12(10-16(11,2)3)14(18)17-9-5-4-6-13(17)15(19)20-17/h7-8,10-11,13H,4-6,9H2,1-3H3. The molecule has 0 amide bonds. The summed E-state index contributed by atoms with van der Waals surface area (Å²) in [5.41, 5.74) is -0.163. The van der Waals surface area contributed by atoms with Crippen molar-refractivity contribution in [1.82, 2.24) is 0 Å². The number of allylic oxidation sites excluding steroid dienone is 3. The van der Waals surface area contributed by atoms with Crippen molar-refractivity contribution in [3.8, 4) is 0 Å². The van der Waals surface area contributed by atoms with Gasteiger partial charge in [0.25, 0.3) is 0 Å². The molecule has 3 unspecified atom stereocenters. The third-order valence-corrected chi connectivity index (χ3v) is 5.33. The smallest absolute Gasteiger partial charge is 0.314 e. The first-order valence-corrected chi connectivity index (χ1v) is 7.55. The van der Waals surface area contributed by atoms with Crippen molar-refractivity contribution < 1.29 is 14.3 Å². The summed E-state index contributed by atoms with van der Waals surface area (Å²) in [7, 11) is 0. The molecular weight excluding hydrogens is 252 g/mol. The highest BCUT2D eigenvalue weighted by Crippen LogP contribution is 2.48. The van der Waals surface area contributed by atoms with Gasteiger partial charge in [0.2, 0.25) is 5.78 Å². The maximum absolute atomic E-state index is 12.9. The van der Waals surface area contributed by atoms with Crippen molar-refractivity contribution in [2.45, 2.75) is 52.1 Å². The van der Waals surface area contributed by atoms with Gasteiger partial charge < -0.3 is 4.74 Å². The van der Waals surface area contributed by atoms with E-state index in [1.54, 1.807) is 0 Å². The average Bonchev–Trinajstić information content (AvgIpc) is 2.39. The SMILES string of the molecule is CC1C=CC(C(=O)C23CCCCC2C(=O)O3)=CC1(C)C. The maximum Gasteiger partial charge on any atom is 0.314 e. The second-order valence-corrected chi connectivity index (χ2v) is 7.01. The number of hydrogen-bond acceptors (Lipinski definition) is 3. The fourth-order valence-corrected chi connectivity index (χ4v) is 3.55. The van der Waals surface area contributed by atoms with Crippen LogP contribution in [0, 0.1) is 17.3 Å². The van der Waals surface area contributed by atoms with Crippen LogP contribution in [0.15, 0.2) is 23.8 Å². The highest BCUT2D eigenvalue weighted by molar-refractivity contribution is 6.10. The third-order valence-electron chi connectivity index (χ3n) is 5.33. The molecule has 20 heavy (non-hydrogen) atoms. The summed E-state index contributed by atoms with van der Waals surface area (Å²) in [4.78, 5) is 24.5. The Kier molecular flexibility index (Phi) is 2.93. The number of ketones is 1. The first-order valence-electron chi connectivity index (χ1n) is 7.55. The topological polar surface area (TPSA) is 43.4 Å². The van der Waals surface area contributed by atoms with Crippen molar-refractivity contribution in [3.05, 3.63) is 23.8 Å². The first-order chi connectivity index (χ1) is 9.37. The number of hydrogen-bond donors (Lipinski definition) is 0. The minimum atomic E-state index is -0.845. The van der Waals surface area contributed by atoms with E-state index in [9.17, 15) is 9.59 Å². The van der Waals surface area contributed by atoms with Gasteiger partial charge in [0.05, 0.1) is 0 Å². The Morgan fingerprint density at radius 3 is 2.75 bits per heavy atom. The first kappa shape index (κ1) is 13.6. The van der Waals surface area contributed by atoms with Gasteiger partial charge in [-0.2, -0.15) is 0 Å². The molecule has 0 radical (unpaired) electrons. The van der Waals surface area contributed by atoms with Crippen LogP contribution in [0.5, 0.6) is 0 Å². The van der Waals surface area contributed by atoms with Crippen LogP contribution in [0.4, 0.5) is 0 Å². The number of fused-ring (bicyclic) bond motifs is 1. The van der Waals surface area contributed by atoms with E-state index in [-0.39, 0.29) is 23.1 Å². The molecular formula is C17H22O3. The Bertz CT molecular complexity index is 526. The van der Waals surface area contributed by atoms with Crippen LogP contribution in [0.2, 0.25) is 0 Å². The zero-order chi connectivity index (χ0) is 14.5. The van der Waals surface area contributed by atoms with Gasteiger partial charge in [-0.25, -0.2) is 0 Å². The van der Waals surface area contributed by atoms with E-state index < -0.39 is 5.60 Å². The highest BCUT2D eigenvalue weighted by atomic mass is 16.6. The lowest BCUT2D eigenvalue weighted by atomic mass is 9.65. The lowest BCUT2D eigenvalue weighted by molar-refractivity contribution is -0.218. The summed E-state index contributed by atoms with van der Waals surface area (Å²) in [6.07, 6.45) is 9.50. The van der Waals surface area contributed by atoms with Gasteiger partial charge in [-0.05, 0) is 30.6 Å². The Balaban J connectivity index is 1.90. The molecule has 1 saturated heterocycles. The van der Waals surface area contributed by atoms with Crippen molar-refractivity contribution in [1.29, 1.82) is 0 Å². The number of carbonyl (C=O) groups excluding carboxylic acids is 2. The summed E-state index contributed by atoms with van der Waals surface area (Å²) in [5.74, 6) is 0.0206. The Morgan fingerprint density at radius 1 is 1.35 bits per heavy atom. The number of ether oxygens (including phenoxy) is 1. The van der Waals surface area contributed by atoms with E-state index in [1.165, 1.54) is 0 Å². The summed E-state index contributed by atoms with van der Waals surface area (Å²) in [6, 6.07) is 0. The number of esters is 1. The lowest BCUT2D eigenvalue weighted by Gasteiger charge is -2.49. The minimum Gasteiger partial charge on any atom is -0.449 e. The molecule has 0 spiro atoms. The molecule has 0 bridgehead atoms. The van der Waals surface area contributed by atoms with E-state index in [1.807, 2.05) is 12.2 Å². The molecule has 1 saturated carbocycles. The van der Waals surface area contributed by atoms with Crippen LogP contribution in [-0.2, 0) is 14.3 Å². The third kappa shape index (κ3) is 1.79. The molecule has 2 aliphatic carbocycles. The molecule has 108 valence electrons. The monoisotopic (exact) mass is 274 g/mol. The fourth-order valence-electron chi connectivity index (χ4n) is 3.55. The van der Waals surface area contributed by atoms with Crippen molar-refractivity contribution in [2.24, 2.45) is 17.3 Å². The second-order valence-electron chi connectivity index (χ2n) is 7.01. The van der Waals surface area contributed by atoms with E-state index in [4.69, 9.17) is 4.74 Å². The molecule has 0 aromatic carbocycles. The minimum absolute atomic E-state index is 0.0121. The quantitative estimate of drug-likeness (QED) is 0.726. The van der Waals surface area contributed by atoms with Gasteiger partial charge in [-0.15, -0.1) is 0 Å². The molecule has 3 heteroatoms. The van der Waals surface area contributed by atoms with Gasteiger partial charge in [0, 0.05) is 5.57 Å². The predicted molar refractivity (Wildman–Crippen MR) is 76.0 cm³/mol. The van der Waals surface area contributed by atoms with Gasteiger partial charge in [-0.3, -0.25) is 9.59 Å². The Morgan fingerprint density at radius 2 is 2.10 bits per heavy atom. The van der Waals surface area contributed by atoms with Crippen LogP contribution in [0.1, 0.15) is 46.5 Å². The maximum atomic E-state index is 12.9.